The average Bonchev–Trinajstić information content (AvgIpc) is 2.99. The number of methoxy groups -OCH3 is 1. The lowest BCUT2D eigenvalue weighted by Gasteiger charge is -2.38. The van der Waals surface area contributed by atoms with Crippen molar-refractivity contribution in [3.63, 3.8) is 0 Å². The van der Waals surface area contributed by atoms with Gasteiger partial charge in [-0.3, -0.25) is 4.79 Å². The highest BCUT2D eigenvalue weighted by Crippen LogP contribution is 2.31. The molecule has 0 spiro atoms. The van der Waals surface area contributed by atoms with E-state index in [-0.39, 0.29) is 47.5 Å². The van der Waals surface area contributed by atoms with Gasteiger partial charge in [0.25, 0.3) is 5.91 Å². The Morgan fingerprint density at radius 1 is 1.12 bits per heavy atom. The van der Waals surface area contributed by atoms with E-state index in [0.717, 1.165) is 0 Å². The Labute approximate surface area is 250 Å². The number of fused-ring (bicyclic) bond motifs is 1. The predicted molar refractivity (Wildman–Crippen MR) is 159 cm³/mol. The number of halogens is 1. The minimum Gasteiger partial charge on any atom is -0.497 e. The highest BCUT2D eigenvalue weighted by molar-refractivity contribution is 7.89. The van der Waals surface area contributed by atoms with Crippen molar-refractivity contribution in [3.8, 4) is 11.5 Å². The molecule has 11 nitrogen and oxygen atoms in total. The van der Waals surface area contributed by atoms with Crippen LogP contribution in [0.15, 0.2) is 71.6 Å². The van der Waals surface area contributed by atoms with Gasteiger partial charge in [0.15, 0.2) is 0 Å². The normalized spacial score (nSPS) is 17.7. The molecule has 3 aromatic carbocycles. The fourth-order valence-corrected chi connectivity index (χ4v) is 5.81. The van der Waals surface area contributed by atoms with Gasteiger partial charge >= 0.3 is 6.03 Å². The molecule has 1 aliphatic heterocycles. The molecule has 43 heavy (non-hydrogen) atoms. The van der Waals surface area contributed by atoms with Gasteiger partial charge < -0.3 is 30.1 Å². The number of aliphatic hydroxyl groups excluding tert-OH is 1. The Balaban J connectivity index is 1.60. The number of likely N-dealkylation sites (N-methyl/N-ethyl adjacent to an activating group) is 1. The Hall–Kier alpha value is -4.20. The minimum atomic E-state index is -3.88. The number of nitrogens with one attached hydrogen (secondary N) is 2. The van der Waals surface area contributed by atoms with Gasteiger partial charge in [-0.05, 0) is 73.7 Å². The van der Waals surface area contributed by atoms with Gasteiger partial charge in [-0.1, -0.05) is 6.92 Å². The largest absolute Gasteiger partial charge is 0.497 e. The van der Waals surface area contributed by atoms with Gasteiger partial charge in [0.05, 0.1) is 36.8 Å². The van der Waals surface area contributed by atoms with E-state index >= 15 is 0 Å². The van der Waals surface area contributed by atoms with Gasteiger partial charge in [0, 0.05) is 30.9 Å². The summed E-state index contributed by atoms with van der Waals surface area (Å²) in [6, 6.07) is 14.7. The molecule has 0 aliphatic carbocycles. The zero-order valence-electron chi connectivity index (χ0n) is 24.3. The van der Waals surface area contributed by atoms with E-state index in [1.807, 2.05) is 6.92 Å². The molecule has 0 radical (unpaired) electrons. The zero-order chi connectivity index (χ0) is 31.3. The van der Waals surface area contributed by atoms with Crippen LogP contribution in [0.5, 0.6) is 11.5 Å². The maximum absolute atomic E-state index is 13.7. The molecule has 4 rings (SSSR count). The van der Waals surface area contributed by atoms with Gasteiger partial charge in [0.1, 0.15) is 23.4 Å². The van der Waals surface area contributed by atoms with E-state index in [1.165, 1.54) is 71.9 Å². The van der Waals surface area contributed by atoms with Crippen LogP contribution in [0, 0.1) is 11.7 Å². The summed E-state index contributed by atoms with van der Waals surface area (Å²) in [6.45, 7) is 3.43. The monoisotopic (exact) mass is 614 g/mol. The number of hydrogen-bond donors (Lipinski definition) is 3. The molecule has 3 aromatic rings. The number of nitrogens with zero attached hydrogens (tertiary/aromatic N) is 2. The second kappa shape index (κ2) is 13.4. The Kier molecular flexibility index (Phi) is 9.89. The number of rotatable bonds is 9. The number of carbonyl (C=O) groups is 2. The molecule has 3 amide bonds. The Morgan fingerprint density at radius 3 is 2.37 bits per heavy atom. The maximum Gasteiger partial charge on any atom is 0.323 e. The van der Waals surface area contributed by atoms with Crippen LogP contribution in [-0.4, -0.2) is 80.7 Å². The van der Waals surface area contributed by atoms with Crippen molar-refractivity contribution in [2.75, 3.05) is 44.5 Å². The summed E-state index contributed by atoms with van der Waals surface area (Å²) < 4.78 is 52.5. The van der Waals surface area contributed by atoms with Crippen LogP contribution in [0.1, 0.15) is 24.2 Å². The van der Waals surface area contributed by atoms with Crippen molar-refractivity contribution in [2.24, 2.45) is 5.92 Å². The second-order valence-electron chi connectivity index (χ2n) is 10.4. The van der Waals surface area contributed by atoms with Gasteiger partial charge in [-0.15, -0.1) is 0 Å². The van der Waals surface area contributed by atoms with Crippen molar-refractivity contribution in [1.82, 2.24) is 9.21 Å². The fraction of sp³-hybridized carbons (Fsp3) is 0.333. The predicted octanol–water partition coefficient (Wildman–Crippen LogP) is 4.02. The quantitative estimate of drug-likeness (QED) is 0.331. The summed E-state index contributed by atoms with van der Waals surface area (Å²) in [4.78, 5) is 27.9. The van der Waals surface area contributed by atoms with Crippen LogP contribution < -0.4 is 20.1 Å². The first-order valence-corrected chi connectivity index (χ1v) is 15.0. The number of urea groups is 1. The Bertz CT molecular complexity index is 1550. The number of anilines is 2. The van der Waals surface area contributed by atoms with Gasteiger partial charge in [0.2, 0.25) is 10.0 Å². The van der Waals surface area contributed by atoms with Crippen molar-refractivity contribution < 1.29 is 37.0 Å². The first-order chi connectivity index (χ1) is 20.4. The van der Waals surface area contributed by atoms with Crippen molar-refractivity contribution in [1.29, 1.82) is 0 Å². The van der Waals surface area contributed by atoms with Crippen LogP contribution in [-0.2, 0) is 10.0 Å². The van der Waals surface area contributed by atoms with Crippen LogP contribution in [0.25, 0.3) is 0 Å². The molecule has 3 atom stereocenters. The number of carbonyl (C=O) groups excluding carboxylic acids is 2. The molecule has 3 N–H and O–H groups in total. The lowest BCUT2D eigenvalue weighted by molar-refractivity contribution is 0.0387. The van der Waals surface area contributed by atoms with E-state index in [1.54, 1.807) is 25.1 Å². The Morgan fingerprint density at radius 2 is 1.74 bits per heavy atom. The summed E-state index contributed by atoms with van der Waals surface area (Å²) in [5.74, 6) is -0.441. The molecule has 0 bridgehead atoms. The van der Waals surface area contributed by atoms with E-state index < -0.39 is 39.9 Å². The smallest absolute Gasteiger partial charge is 0.323 e. The van der Waals surface area contributed by atoms with Crippen LogP contribution in [0.3, 0.4) is 0 Å². The third-order valence-electron chi connectivity index (χ3n) is 7.23. The number of hydrogen-bond acceptors (Lipinski definition) is 7. The van der Waals surface area contributed by atoms with Crippen molar-refractivity contribution >= 4 is 33.3 Å². The van der Waals surface area contributed by atoms with E-state index in [0.29, 0.717) is 11.4 Å². The number of benzene rings is 3. The molecule has 0 aromatic heterocycles. The number of amides is 3. The number of aliphatic hydroxyl groups is 1. The molecule has 1 heterocycles. The third-order valence-corrected chi connectivity index (χ3v) is 9.07. The molecule has 0 fully saturated rings. The second-order valence-corrected chi connectivity index (χ2v) is 12.4. The lowest BCUT2D eigenvalue weighted by Crippen LogP contribution is -2.50. The summed E-state index contributed by atoms with van der Waals surface area (Å²) in [5.41, 5.74) is 0.798. The minimum absolute atomic E-state index is 0.0232. The molecular weight excluding hydrogens is 579 g/mol. The first-order valence-electron chi connectivity index (χ1n) is 13.6. The topological polar surface area (TPSA) is 138 Å². The SMILES string of the molecule is COc1ccc(S(=O)(=O)N(C)C[C@@H]2Oc3ccc(NC(=O)Nc4ccc(F)cc4)cc3C(=O)N([C@H](C)CO)C[C@H]2C)cc1. The molecule has 13 heteroatoms. The zero-order valence-corrected chi connectivity index (χ0v) is 25.1. The molecule has 0 saturated heterocycles. The van der Waals surface area contributed by atoms with Gasteiger partial charge in [-0.2, -0.15) is 4.31 Å². The summed E-state index contributed by atoms with van der Waals surface area (Å²) in [5, 5.41) is 15.1. The lowest BCUT2D eigenvalue weighted by atomic mass is 9.99. The standard InChI is InChI=1S/C30H35FN4O7S/c1-19-16-35(20(2)18-36)29(37)26-15-23(33-30(38)32-22-7-5-21(31)6-8-22)9-14-27(26)42-28(19)17-34(3)43(39,40)25-12-10-24(41-4)11-13-25/h5-15,19-20,28,36H,16-18H2,1-4H3,(H2,32,33,38)/t19-,20-,28+/m1/s1. The van der Waals surface area contributed by atoms with Crippen molar-refractivity contribution in [3.05, 3.63) is 78.1 Å². The summed E-state index contributed by atoms with van der Waals surface area (Å²) >= 11 is 0. The third kappa shape index (κ3) is 7.42. The van der Waals surface area contributed by atoms with Crippen LogP contribution >= 0.6 is 0 Å². The maximum atomic E-state index is 13.7. The average molecular weight is 615 g/mol. The molecule has 1 aliphatic rings. The highest BCUT2D eigenvalue weighted by atomic mass is 32.2. The highest BCUT2D eigenvalue weighted by Gasteiger charge is 2.35. The molecule has 0 unspecified atom stereocenters. The number of ether oxygens (including phenoxy) is 2. The first kappa shape index (κ1) is 31.7. The van der Waals surface area contributed by atoms with Crippen molar-refractivity contribution in [2.45, 2.75) is 30.9 Å². The molecular formula is C30H35FN4O7S. The van der Waals surface area contributed by atoms with E-state index in [4.69, 9.17) is 9.47 Å². The van der Waals surface area contributed by atoms with Gasteiger partial charge in [-0.25, -0.2) is 17.6 Å². The molecule has 230 valence electrons. The van der Waals surface area contributed by atoms with E-state index in [2.05, 4.69) is 10.6 Å². The fourth-order valence-electron chi connectivity index (χ4n) is 4.62. The number of sulfonamides is 1. The molecule has 0 saturated carbocycles. The summed E-state index contributed by atoms with van der Waals surface area (Å²) in [7, 11) is -0.923. The van der Waals surface area contributed by atoms with Crippen LogP contribution in [0.2, 0.25) is 0 Å². The van der Waals surface area contributed by atoms with Crippen LogP contribution in [0.4, 0.5) is 20.6 Å². The van der Waals surface area contributed by atoms with E-state index in [9.17, 15) is 27.5 Å². The summed E-state index contributed by atoms with van der Waals surface area (Å²) in [6.07, 6.45) is -0.668.